The lowest BCUT2D eigenvalue weighted by atomic mass is 10.1. The second-order valence-corrected chi connectivity index (χ2v) is 5.78. The summed E-state index contributed by atoms with van der Waals surface area (Å²) in [7, 11) is 0. The Balaban J connectivity index is 1.60. The van der Waals surface area contributed by atoms with Gasteiger partial charge < -0.3 is 20.1 Å². The Labute approximate surface area is 142 Å². The molecule has 134 valence electrons. The Kier molecular flexibility index (Phi) is 7.94. The minimum Gasteiger partial charge on any atom is -0.394 e. The molecule has 6 nitrogen and oxygen atoms in total. The minimum absolute atomic E-state index is 0.0452. The van der Waals surface area contributed by atoms with Gasteiger partial charge in [0, 0.05) is 39.3 Å². The Morgan fingerprint density at radius 1 is 1.25 bits per heavy atom. The standard InChI is InChI=1S/C17H26FN3O3/c18-16-3-1-2-15(14-16)4-5-19-17(23)21-8-6-20(7-9-21)10-12-24-13-11-22/h1-3,14,22H,4-13H2,(H,19,23). The van der Waals surface area contributed by atoms with Crippen LogP contribution in [0.15, 0.2) is 24.3 Å². The van der Waals surface area contributed by atoms with E-state index >= 15 is 0 Å². The van der Waals surface area contributed by atoms with E-state index in [0.29, 0.717) is 39.3 Å². The van der Waals surface area contributed by atoms with Crippen molar-refractivity contribution in [2.24, 2.45) is 0 Å². The Morgan fingerprint density at radius 3 is 2.75 bits per heavy atom. The highest BCUT2D eigenvalue weighted by Gasteiger charge is 2.20. The summed E-state index contributed by atoms with van der Waals surface area (Å²) in [5.41, 5.74) is 0.878. The normalized spacial score (nSPS) is 15.5. The first-order chi connectivity index (χ1) is 11.7. The van der Waals surface area contributed by atoms with Crippen LogP contribution < -0.4 is 5.32 Å². The van der Waals surface area contributed by atoms with Crippen molar-refractivity contribution in [3.63, 3.8) is 0 Å². The van der Waals surface area contributed by atoms with Gasteiger partial charge in [-0.15, -0.1) is 0 Å². The van der Waals surface area contributed by atoms with Crippen LogP contribution in [-0.4, -0.2) is 80.0 Å². The van der Waals surface area contributed by atoms with Gasteiger partial charge in [-0.1, -0.05) is 12.1 Å². The predicted molar refractivity (Wildman–Crippen MR) is 89.4 cm³/mol. The molecule has 7 heteroatoms. The summed E-state index contributed by atoms with van der Waals surface area (Å²) in [6.45, 7) is 5.33. The van der Waals surface area contributed by atoms with Crippen molar-refractivity contribution < 1.29 is 19.0 Å². The number of benzene rings is 1. The highest BCUT2D eigenvalue weighted by atomic mass is 19.1. The van der Waals surface area contributed by atoms with Gasteiger partial charge in [0.15, 0.2) is 0 Å². The number of aliphatic hydroxyl groups excluding tert-OH is 1. The second kappa shape index (κ2) is 10.2. The number of ether oxygens (including phenoxy) is 1. The van der Waals surface area contributed by atoms with E-state index in [0.717, 1.165) is 25.2 Å². The SMILES string of the molecule is O=C(NCCc1cccc(F)c1)N1CCN(CCOCCO)CC1. The summed E-state index contributed by atoms with van der Waals surface area (Å²) in [5, 5.41) is 11.5. The summed E-state index contributed by atoms with van der Waals surface area (Å²) in [4.78, 5) is 16.2. The zero-order valence-electron chi connectivity index (χ0n) is 13.9. The van der Waals surface area contributed by atoms with Crippen molar-refractivity contribution >= 4 is 6.03 Å². The van der Waals surface area contributed by atoms with Crippen LogP contribution in [0.5, 0.6) is 0 Å². The molecule has 1 aliphatic rings. The van der Waals surface area contributed by atoms with Crippen LogP contribution in [0.3, 0.4) is 0 Å². The van der Waals surface area contributed by atoms with E-state index in [4.69, 9.17) is 9.84 Å². The molecule has 1 heterocycles. The fourth-order valence-corrected chi connectivity index (χ4v) is 2.65. The number of carbonyl (C=O) groups is 1. The molecular weight excluding hydrogens is 313 g/mol. The van der Waals surface area contributed by atoms with Gasteiger partial charge in [0.1, 0.15) is 5.82 Å². The molecule has 0 spiro atoms. The van der Waals surface area contributed by atoms with Crippen LogP contribution in [0.1, 0.15) is 5.56 Å². The number of piperazine rings is 1. The maximum Gasteiger partial charge on any atom is 0.317 e. The summed E-state index contributed by atoms with van der Waals surface area (Å²) >= 11 is 0. The van der Waals surface area contributed by atoms with Crippen LogP contribution in [0.25, 0.3) is 0 Å². The maximum atomic E-state index is 13.1. The second-order valence-electron chi connectivity index (χ2n) is 5.78. The molecule has 0 unspecified atom stereocenters. The zero-order valence-corrected chi connectivity index (χ0v) is 13.9. The number of halogens is 1. The molecule has 1 aromatic rings. The van der Waals surface area contributed by atoms with Crippen LogP contribution in [-0.2, 0) is 11.2 Å². The summed E-state index contributed by atoms with van der Waals surface area (Å²) < 4.78 is 18.3. The van der Waals surface area contributed by atoms with Gasteiger partial charge in [0.25, 0.3) is 0 Å². The van der Waals surface area contributed by atoms with Gasteiger partial charge >= 0.3 is 6.03 Å². The third kappa shape index (κ3) is 6.43. The van der Waals surface area contributed by atoms with E-state index in [9.17, 15) is 9.18 Å². The number of hydrogen-bond acceptors (Lipinski definition) is 4. The quantitative estimate of drug-likeness (QED) is 0.685. The molecule has 1 saturated heterocycles. The third-order valence-electron chi connectivity index (χ3n) is 4.03. The van der Waals surface area contributed by atoms with Crippen molar-refractivity contribution in [3.8, 4) is 0 Å². The van der Waals surface area contributed by atoms with Crippen molar-refractivity contribution in [3.05, 3.63) is 35.6 Å². The molecule has 1 aromatic carbocycles. The fourth-order valence-electron chi connectivity index (χ4n) is 2.65. The molecule has 0 radical (unpaired) electrons. The van der Waals surface area contributed by atoms with Gasteiger partial charge in [-0.2, -0.15) is 0 Å². The number of aliphatic hydroxyl groups is 1. The zero-order chi connectivity index (χ0) is 17.2. The van der Waals surface area contributed by atoms with E-state index in [1.54, 1.807) is 11.0 Å². The van der Waals surface area contributed by atoms with Gasteiger partial charge in [-0.25, -0.2) is 9.18 Å². The number of amides is 2. The maximum absolute atomic E-state index is 13.1. The van der Waals surface area contributed by atoms with Crippen molar-refractivity contribution in [2.45, 2.75) is 6.42 Å². The average Bonchev–Trinajstić information content (AvgIpc) is 2.59. The molecule has 2 amide bonds. The first kappa shape index (κ1) is 18.6. The predicted octanol–water partition coefficient (Wildman–Crippen LogP) is 0.704. The molecule has 2 rings (SSSR count). The molecule has 1 aliphatic heterocycles. The van der Waals surface area contributed by atoms with E-state index < -0.39 is 0 Å². The number of carbonyl (C=O) groups excluding carboxylic acids is 1. The van der Waals surface area contributed by atoms with Gasteiger partial charge in [0.2, 0.25) is 0 Å². The van der Waals surface area contributed by atoms with Gasteiger partial charge in [-0.3, -0.25) is 4.90 Å². The average molecular weight is 339 g/mol. The molecule has 0 aliphatic carbocycles. The molecule has 0 bridgehead atoms. The Hall–Kier alpha value is -1.70. The van der Waals surface area contributed by atoms with E-state index in [1.807, 2.05) is 6.07 Å². The summed E-state index contributed by atoms with van der Waals surface area (Å²) in [6, 6.07) is 6.37. The van der Waals surface area contributed by atoms with Crippen LogP contribution in [0.2, 0.25) is 0 Å². The minimum atomic E-state index is -0.252. The Morgan fingerprint density at radius 2 is 2.04 bits per heavy atom. The van der Waals surface area contributed by atoms with Crippen molar-refractivity contribution in [2.75, 3.05) is 59.1 Å². The molecule has 24 heavy (non-hydrogen) atoms. The van der Waals surface area contributed by atoms with E-state index in [1.165, 1.54) is 12.1 Å². The highest BCUT2D eigenvalue weighted by molar-refractivity contribution is 5.74. The first-order valence-corrected chi connectivity index (χ1v) is 8.37. The Bertz CT molecular complexity index is 508. The topological polar surface area (TPSA) is 65.0 Å². The number of nitrogens with one attached hydrogen (secondary N) is 1. The first-order valence-electron chi connectivity index (χ1n) is 8.37. The van der Waals surface area contributed by atoms with E-state index in [2.05, 4.69) is 10.2 Å². The molecule has 0 aromatic heterocycles. The lowest BCUT2D eigenvalue weighted by Crippen LogP contribution is -2.52. The highest BCUT2D eigenvalue weighted by Crippen LogP contribution is 2.05. The van der Waals surface area contributed by atoms with E-state index in [-0.39, 0.29) is 18.5 Å². The van der Waals surface area contributed by atoms with Crippen molar-refractivity contribution in [1.29, 1.82) is 0 Å². The fraction of sp³-hybridized carbons (Fsp3) is 0.588. The number of rotatable bonds is 8. The van der Waals surface area contributed by atoms with Crippen LogP contribution in [0, 0.1) is 5.82 Å². The molecule has 0 saturated carbocycles. The van der Waals surface area contributed by atoms with Crippen LogP contribution >= 0.6 is 0 Å². The number of hydrogen-bond donors (Lipinski definition) is 2. The largest absolute Gasteiger partial charge is 0.394 e. The number of urea groups is 1. The number of nitrogens with zero attached hydrogens (tertiary/aromatic N) is 2. The monoisotopic (exact) mass is 339 g/mol. The molecule has 1 fully saturated rings. The summed E-state index contributed by atoms with van der Waals surface area (Å²) in [6.07, 6.45) is 0.617. The molecule has 2 N–H and O–H groups in total. The van der Waals surface area contributed by atoms with Gasteiger partial charge in [-0.05, 0) is 24.1 Å². The smallest absolute Gasteiger partial charge is 0.317 e. The summed E-state index contributed by atoms with van der Waals surface area (Å²) in [5.74, 6) is -0.252. The lowest BCUT2D eigenvalue weighted by molar-refractivity contribution is 0.0619. The van der Waals surface area contributed by atoms with Crippen molar-refractivity contribution in [1.82, 2.24) is 15.1 Å². The molecular formula is C17H26FN3O3. The molecule has 0 atom stereocenters. The van der Waals surface area contributed by atoms with Gasteiger partial charge in [0.05, 0.1) is 19.8 Å². The third-order valence-corrected chi connectivity index (χ3v) is 4.03. The van der Waals surface area contributed by atoms with Crippen LogP contribution in [0.4, 0.5) is 9.18 Å². The lowest BCUT2D eigenvalue weighted by Gasteiger charge is -2.34.